The molecule has 2 aromatic rings. The van der Waals surface area contributed by atoms with Crippen LogP contribution in [0.5, 0.6) is 0 Å². The van der Waals surface area contributed by atoms with Crippen LogP contribution in [0.3, 0.4) is 0 Å². The van der Waals surface area contributed by atoms with E-state index in [1.807, 2.05) is 45.3 Å². The first-order valence-electron chi connectivity index (χ1n) is 6.37. The highest BCUT2D eigenvalue weighted by atomic mass is 16.5. The molecule has 0 saturated heterocycles. The lowest BCUT2D eigenvalue weighted by molar-refractivity contribution is 0.263. The van der Waals surface area contributed by atoms with Gasteiger partial charge in [-0.25, -0.2) is 0 Å². The minimum absolute atomic E-state index is 0.729. The second-order valence-electron chi connectivity index (χ2n) is 4.76. The summed E-state index contributed by atoms with van der Waals surface area (Å²) >= 11 is 0. The zero-order valence-corrected chi connectivity index (χ0v) is 11.7. The first-order chi connectivity index (χ1) is 9.17. The highest BCUT2D eigenvalue weighted by molar-refractivity contribution is 5.10. The van der Waals surface area contributed by atoms with Crippen LogP contribution in [0.15, 0.2) is 28.8 Å². The topological polar surface area (TPSA) is 54.2 Å². The predicted octanol–water partition coefficient (Wildman–Crippen LogP) is 1.73. The third-order valence-electron chi connectivity index (χ3n) is 2.77. The Bertz CT molecular complexity index is 524. The van der Waals surface area contributed by atoms with Gasteiger partial charge in [-0.3, -0.25) is 9.88 Å². The lowest BCUT2D eigenvalue weighted by Gasteiger charge is -2.14. The molecule has 2 heterocycles. The average Bonchev–Trinajstić information content (AvgIpc) is 2.77. The number of hydrogen-bond acceptors (Lipinski definition) is 5. The molecule has 0 amide bonds. The van der Waals surface area contributed by atoms with Crippen LogP contribution in [-0.4, -0.2) is 29.1 Å². The third-order valence-corrected chi connectivity index (χ3v) is 2.77. The van der Waals surface area contributed by atoms with Crippen molar-refractivity contribution in [2.24, 2.45) is 0 Å². The van der Waals surface area contributed by atoms with Gasteiger partial charge in [0.05, 0.1) is 17.9 Å². The minimum Gasteiger partial charge on any atom is -0.360 e. The van der Waals surface area contributed by atoms with Gasteiger partial charge in [0, 0.05) is 24.8 Å². The molecule has 0 aliphatic carbocycles. The summed E-state index contributed by atoms with van der Waals surface area (Å²) in [6.07, 6.45) is 0. The normalized spacial score (nSPS) is 11.2. The monoisotopic (exact) mass is 260 g/mol. The molecule has 5 heteroatoms. The van der Waals surface area contributed by atoms with Crippen molar-refractivity contribution in [3.63, 3.8) is 0 Å². The van der Waals surface area contributed by atoms with E-state index in [-0.39, 0.29) is 0 Å². The van der Waals surface area contributed by atoms with Crippen LogP contribution in [0.1, 0.15) is 22.8 Å². The first kappa shape index (κ1) is 13.7. The number of nitrogens with one attached hydrogen (secondary N) is 1. The van der Waals surface area contributed by atoms with Crippen LogP contribution in [0.2, 0.25) is 0 Å². The molecular weight excluding hydrogens is 240 g/mol. The molecule has 19 heavy (non-hydrogen) atoms. The summed E-state index contributed by atoms with van der Waals surface area (Å²) in [7, 11) is 3.94. The van der Waals surface area contributed by atoms with Gasteiger partial charge in [0.15, 0.2) is 5.76 Å². The van der Waals surface area contributed by atoms with Crippen molar-refractivity contribution in [2.75, 3.05) is 14.1 Å². The van der Waals surface area contributed by atoms with E-state index in [1.165, 1.54) is 0 Å². The van der Waals surface area contributed by atoms with Crippen LogP contribution < -0.4 is 5.32 Å². The summed E-state index contributed by atoms with van der Waals surface area (Å²) < 4.78 is 5.30. The van der Waals surface area contributed by atoms with Crippen molar-refractivity contribution in [1.82, 2.24) is 20.4 Å². The molecule has 0 spiro atoms. The van der Waals surface area contributed by atoms with Gasteiger partial charge < -0.3 is 9.84 Å². The highest BCUT2D eigenvalue weighted by Crippen LogP contribution is 2.09. The lowest BCUT2D eigenvalue weighted by Crippen LogP contribution is -2.17. The minimum atomic E-state index is 0.729. The molecule has 2 aromatic heterocycles. The molecule has 0 unspecified atom stereocenters. The van der Waals surface area contributed by atoms with Gasteiger partial charge in [-0.2, -0.15) is 0 Å². The predicted molar refractivity (Wildman–Crippen MR) is 73.4 cm³/mol. The van der Waals surface area contributed by atoms with Crippen LogP contribution in [0.4, 0.5) is 0 Å². The van der Waals surface area contributed by atoms with E-state index < -0.39 is 0 Å². The van der Waals surface area contributed by atoms with Crippen molar-refractivity contribution >= 4 is 0 Å². The second-order valence-corrected chi connectivity index (χ2v) is 4.76. The van der Waals surface area contributed by atoms with E-state index in [0.717, 1.165) is 42.5 Å². The SMILES string of the molecule is CNCc1cc(CN(C)Cc2cccc(C)n2)on1. The van der Waals surface area contributed by atoms with Crippen molar-refractivity contribution in [1.29, 1.82) is 0 Å². The first-order valence-corrected chi connectivity index (χ1v) is 6.37. The highest BCUT2D eigenvalue weighted by Gasteiger charge is 2.08. The van der Waals surface area contributed by atoms with Crippen molar-refractivity contribution in [3.8, 4) is 0 Å². The van der Waals surface area contributed by atoms with E-state index in [9.17, 15) is 0 Å². The summed E-state index contributed by atoms with van der Waals surface area (Å²) in [4.78, 5) is 6.65. The maximum atomic E-state index is 5.30. The largest absolute Gasteiger partial charge is 0.360 e. The fourth-order valence-corrected chi connectivity index (χ4v) is 1.98. The summed E-state index contributed by atoms with van der Waals surface area (Å²) in [6, 6.07) is 8.06. The molecule has 0 atom stereocenters. The molecule has 0 aliphatic heterocycles. The summed E-state index contributed by atoms with van der Waals surface area (Å²) in [5, 5.41) is 7.05. The lowest BCUT2D eigenvalue weighted by atomic mass is 10.3. The molecule has 0 aliphatic rings. The Morgan fingerprint density at radius 3 is 2.84 bits per heavy atom. The van der Waals surface area contributed by atoms with Crippen molar-refractivity contribution in [2.45, 2.75) is 26.6 Å². The Hall–Kier alpha value is -1.72. The van der Waals surface area contributed by atoms with Crippen molar-refractivity contribution < 1.29 is 4.52 Å². The van der Waals surface area contributed by atoms with E-state index in [4.69, 9.17) is 4.52 Å². The molecular formula is C14H20N4O. The van der Waals surface area contributed by atoms with Crippen LogP contribution in [0.25, 0.3) is 0 Å². The fraction of sp³-hybridized carbons (Fsp3) is 0.429. The second kappa shape index (κ2) is 6.45. The van der Waals surface area contributed by atoms with E-state index in [0.29, 0.717) is 0 Å². The summed E-state index contributed by atoms with van der Waals surface area (Å²) in [5.74, 6) is 0.875. The molecule has 0 radical (unpaired) electrons. The van der Waals surface area contributed by atoms with Crippen LogP contribution >= 0.6 is 0 Å². The molecule has 102 valence electrons. The molecule has 0 bridgehead atoms. The molecule has 5 nitrogen and oxygen atoms in total. The number of hydrogen-bond donors (Lipinski definition) is 1. The molecule has 0 fully saturated rings. The van der Waals surface area contributed by atoms with E-state index in [1.54, 1.807) is 0 Å². The summed E-state index contributed by atoms with van der Waals surface area (Å²) in [5.41, 5.74) is 3.04. The quantitative estimate of drug-likeness (QED) is 0.857. The van der Waals surface area contributed by atoms with Crippen molar-refractivity contribution in [3.05, 3.63) is 47.1 Å². The van der Waals surface area contributed by atoms with Gasteiger partial charge in [0.25, 0.3) is 0 Å². The maximum absolute atomic E-state index is 5.30. The smallest absolute Gasteiger partial charge is 0.151 e. The zero-order valence-electron chi connectivity index (χ0n) is 11.7. The van der Waals surface area contributed by atoms with Gasteiger partial charge in [-0.1, -0.05) is 11.2 Å². The maximum Gasteiger partial charge on any atom is 0.151 e. The molecule has 2 rings (SSSR count). The van der Waals surface area contributed by atoms with Gasteiger partial charge in [0.1, 0.15) is 0 Å². The zero-order chi connectivity index (χ0) is 13.7. The Balaban J connectivity index is 1.91. The standard InChI is InChI=1S/C14H20N4O/c1-11-5-4-6-12(16-11)9-18(3)10-14-7-13(8-15-2)17-19-14/h4-7,15H,8-10H2,1-3H3. The number of pyridine rings is 1. The number of nitrogens with zero attached hydrogens (tertiary/aromatic N) is 3. The number of aromatic nitrogens is 2. The van der Waals surface area contributed by atoms with Gasteiger partial charge >= 0.3 is 0 Å². The number of aryl methyl sites for hydroxylation is 1. The molecule has 0 saturated carbocycles. The van der Waals surface area contributed by atoms with Crippen LogP contribution in [0, 0.1) is 6.92 Å². The number of rotatable bonds is 6. The average molecular weight is 260 g/mol. The third kappa shape index (κ3) is 4.15. The fourth-order valence-electron chi connectivity index (χ4n) is 1.98. The Morgan fingerprint density at radius 1 is 1.26 bits per heavy atom. The molecule has 0 aromatic carbocycles. The van der Waals surface area contributed by atoms with Gasteiger partial charge in [-0.15, -0.1) is 0 Å². The van der Waals surface area contributed by atoms with Crippen LogP contribution in [-0.2, 0) is 19.6 Å². The molecule has 1 N–H and O–H groups in total. The van der Waals surface area contributed by atoms with Gasteiger partial charge in [0.2, 0.25) is 0 Å². The Morgan fingerprint density at radius 2 is 2.11 bits per heavy atom. The summed E-state index contributed by atoms with van der Waals surface area (Å²) in [6.45, 7) is 4.26. The van der Waals surface area contributed by atoms with Gasteiger partial charge in [-0.05, 0) is 33.2 Å². The van der Waals surface area contributed by atoms with E-state index in [2.05, 4.69) is 20.4 Å². The van der Waals surface area contributed by atoms with E-state index >= 15 is 0 Å². The Kier molecular flexibility index (Phi) is 4.65. The Labute approximate surface area is 113 Å².